The summed E-state index contributed by atoms with van der Waals surface area (Å²) in [5, 5.41) is 7.03. The number of benzene rings is 6. The largest absolute Gasteiger partial charge is 0.256 e. The van der Waals surface area contributed by atoms with Crippen molar-refractivity contribution in [2.75, 3.05) is 0 Å². The smallest absolute Gasteiger partial charge is 0.164 e. The van der Waals surface area contributed by atoms with Crippen LogP contribution in [0.1, 0.15) is 0 Å². The molecule has 0 saturated heterocycles. The van der Waals surface area contributed by atoms with E-state index in [9.17, 15) is 0 Å². The highest BCUT2D eigenvalue weighted by Gasteiger charge is 2.19. The molecular formula is C38H24N4. The van der Waals surface area contributed by atoms with Crippen molar-refractivity contribution in [3.05, 3.63) is 146 Å². The number of hydrogen-bond acceptors (Lipinski definition) is 4. The van der Waals surface area contributed by atoms with Crippen molar-refractivity contribution in [2.24, 2.45) is 0 Å². The van der Waals surface area contributed by atoms with Crippen molar-refractivity contribution in [2.45, 2.75) is 0 Å². The highest BCUT2D eigenvalue weighted by Crippen LogP contribution is 2.42. The lowest BCUT2D eigenvalue weighted by Crippen LogP contribution is -2.01. The molecule has 6 aromatic carbocycles. The third kappa shape index (κ3) is 4.09. The Labute approximate surface area is 243 Å². The number of fused-ring (bicyclic) bond motifs is 6. The first kappa shape index (κ1) is 24.1. The molecule has 0 unspecified atom stereocenters. The van der Waals surface area contributed by atoms with Crippen molar-refractivity contribution in [3.63, 3.8) is 0 Å². The fourth-order valence-corrected chi connectivity index (χ4v) is 5.82. The first-order valence-electron chi connectivity index (χ1n) is 14.0. The van der Waals surface area contributed by atoms with E-state index in [1.165, 1.54) is 16.2 Å². The molecule has 4 heteroatoms. The zero-order chi connectivity index (χ0) is 27.9. The van der Waals surface area contributed by atoms with Crippen LogP contribution in [0.15, 0.2) is 146 Å². The molecule has 0 amide bonds. The highest BCUT2D eigenvalue weighted by molar-refractivity contribution is 6.28. The summed E-state index contributed by atoms with van der Waals surface area (Å²) in [5.41, 5.74) is 4.75. The molecule has 8 rings (SSSR count). The second-order valence-corrected chi connectivity index (χ2v) is 10.3. The van der Waals surface area contributed by atoms with Crippen LogP contribution in [-0.2, 0) is 0 Å². The zero-order valence-electron chi connectivity index (χ0n) is 22.6. The minimum atomic E-state index is 0.630. The molecule has 0 bridgehead atoms. The fourth-order valence-electron chi connectivity index (χ4n) is 5.82. The Balaban J connectivity index is 1.53. The van der Waals surface area contributed by atoms with Gasteiger partial charge < -0.3 is 0 Å². The standard InChI is InChI=1S/C38H24N4/c1-3-13-25(14-4-1)36-40-37(26-15-5-2-6-16-26)42-38(41-36)33-24-27(34-21-11-12-22-39-34)23-32-30-19-8-7-17-28(30)29-18-9-10-20-31(29)35(32)33/h1-24H. The van der Waals surface area contributed by atoms with Crippen LogP contribution in [0.4, 0.5) is 0 Å². The number of hydrogen-bond donors (Lipinski definition) is 0. The molecule has 0 saturated carbocycles. The Hall–Kier alpha value is -5.74. The van der Waals surface area contributed by atoms with Gasteiger partial charge in [0.2, 0.25) is 0 Å². The van der Waals surface area contributed by atoms with E-state index in [1.807, 2.05) is 85.1 Å². The van der Waals surface area contributed by atoms with Gasteiger partial charge in [0.1, 0.15) is 0 Å². The van der Waals surface area contributed by atoms with Gasteiger partial charge in [0.25, 0.3) is 0 Å². The molecular weight excluding hydrogens is 512 g/mol. The fraction of sp³-hybridized carbons (Fsp3) is 0. The number of rotatable bonds is 4. The van der Waals surface area contributed by atoms with Gasteiger partial charge in [-0.15, -0.1) is 0 Å². The quantitative estimate of drug-likeness (QED) is 0.210. The predicted molar refractivity (Wildman–Crippen MR) is 172 cm³/mol. The molecule has 0 aliphatic rings. The molecule has 0 N–H and O–H groups in total. The summed E-state index contributed by atoms with van der Waals surface area (Å²) in [5.74, 6) is 1.91. The summed E-state index contributed by atoms with van der Waals surface area (Å²) < 4.78 is 0. The topological polar surface area (TPSA) is 51.6 Å². The lowest BCUT2D eigenvalue weighted by atomic mass is 9.89. The van der Waals surface area contributed by atoms with Gasteiger partial charge in [0.05, 0.1) is 5.69 Å². The van der Waals surface area contributed by atoms with Gasteiger partial charge in [-0.05, 0) is 51.2 Å². The van der Waals surface area contributed by atoms with Gasteiger partial charge in [-0.3, -0.25) is 4.98 Å². The van der Waals surface area contributed by atoms with E-state index in [1.54, 1.807) is 0 Å². The van der Waals surface area contributed by atoms with E-state index in [0.29, 0.717) is 17.5 Å². The summed E-state index contributed by atoms with van der Waals surface area (Å²) in [6.07, 6.45) is 1.83. The van der Waals surface area contributed by atoms with Crippen LogP contribution < -0.4 is 0 Å². The molecule has 4 nitrogen and oxygen atoms in total. The van der Waals surface area contributed by atoms with Gasteiger partial charge in [-0.2, -0.15) is 0 Å². The normalized spacial score (nSPS) is 11.3. The summed E-state index contributed by atoms with van der Waals surface area (Å²) in [7, 11) is 0. The molecule has 2 aromatic heterocycles. The Bertz CT molecular complexity index is 2170. The third-order valence-corrected chi connectivity index (χ3v) is 7.74. The van der Waals surface area contributed by atoms with E-state index in [-0.39, 0.29) is 0 Å². The van der Waals surface area contributed by atoms with E-state index >= 15 is 0 Å². The first-order valence-corrected chi connectivity index (χ1v) is 14.0. The average Bonchev–Trinajstić information content (AvgIpc) is 3.09. The molecule has 8 aromatic rings. The maximum atomic E-state index is 5.13. The zero-order valence-corrected chi connectivity index (χ0v) is 22.6. The molecule has 0 aliphatic carbocycles. The molecule has 42 heavy (non-hydrogen) atoms. The van der Waals surface area contributed by atoms with Crippen molar-refractivity contribution < 1.29 is 0 Å². The number of aromatic nitrogens is 4. The van der Waals surface area contributed by atoms with E-state index in [2.05, 4.69) is 60.7 Å². The second kappa shape index (κ2) is 10.0. The molecule has 0 aliphatic heterocycles. The van der Waals surface area contributed by atoms with Crippen LogP contribution in [0.3, 0.4) is 0 Å². The minimum absolute atomic E-state index is 0.630. The van der Waals surface area contributed by atoms with Gasteiger partial charge >= 0.3 is 0 Å². The van der Waals surface area contributed by atoms with Crippen LogP contribution in [0.25, 0.3) is 77.7 Å². The summed E-state index contributed by atoms with van der Waals surface area (Å²) in [6, 6.07) is 47.9. The van der Waals surface area contributed by atoms with Crippen LogP contribution in [0.2, 0.25) is 0 Å². The van der Waals surface area contributed by atoms with Crippen LogP contribution in [0, 0.1) is 0 Å². The Kier molecular flexibility index (Phi) is 5.75. The van der Waals surface area contributed by atoms with Gasteiger partial charge in [0.15, 0.2) is 17.5 Å². The molecule has 2 heterocycles. The Morgan fingerprint density at radius 2 is 0.857 bits per heavy atom. The van der Waals surface area contributed by atoms with Crippen molar-refractivity contribution >= 4 is 32.3 Å². The van der Waals surface area contributed by atoms with Gasteiger partial charge in [0, 0.05) is 33.8 Å². The lowest BCUT2D eigenvalue weighted by molar-refractivity contribution is 1.08. The predicted octanol–water partition coefficient (Wildman–Crippen LogP) is 9.39. The van der Waals surface area contributed by atoms with Crippen LogP contribution in [-0.4, -0.2) is 19.9 Å². The third-order valence-electron chi connectivity index (χ3n) is 7.74. The first-order chi connectivity index (χ1) is 20.8. The molecule has 0 spiro atoms. The second-order valence-electron chi connectivity index (χ2n) is 10.3. The maximum Gasteiger partial charge on any atom is 0.164 e. The van der Waals surface area contributed by atoms with E-state index < -0.39 is 0 Å². The van der Waals surface area contributed by atoms with E-state index in [4.69, 9.17) is 19.9 Å². The van der Waals surface area contributed by atoms with Crippen LogP contribution in [0.5, 0.6) is 0 Å². The van der Waals surface area contributed by atoms with Gasteiger partial charge in [-0.25, -0.2) is 15.0 Å². The summed E-state index contributed by atoms with van der Waals surface area (Å²) in [6.45, 7) is 0. The van der Waals surface area contributed by atoms with Crippen molar-refractivity contribution in [1.82, 2.24) is 19.9 Å². The summed E-state index contributed by atoms with van der Waals surface area (Å²) >= 11 is 0. The molecule has 0 atom stereocenters. The maximum absolute atomic E-state index is 5.13. The minimum Gasteiger partial charge on any atom is -0.256 e. The Morgan fingerprint density at radius 1 is 0.357 bits per heavy atom. The monoisotopic (exact) mass is 536 g/mol. The number of nitrogens with zero attached hydrogens (tertiary/aromatic N) is 4. The number of pyridine rings is 1. The average molecular weight is 537 g/mol. The van der Waals surface area contributed by atoms with Crippen molar-refractivity contribution in [3.8, 4) is 45.4 Å². The van der Waals surface area contributed by atoms with Crippen molar-refractivity contribution in [1.29, 1.82) is 0 Å². The van der Waals surface area contributed by atoms with Crippen LogP contribution >= 0.6 is 0 Å². The summed E-state index contributed by atoms with van der Waals surface area (Å²) in [4.78, 5) is 19.9. The SMILES string of the molecule is c1ccc(-c2nc(-c3ccccc3)nc(-c3cc(-c4ccccn4)cc4c5ccccc5c5ccccc5c34)n2)cc1. The Morgan fingerprint density at radius 3 is 1.45 bits per heavy atom. The molecule has 0 radical (unpaired) electrons. The molecule has 0 fully saturated rings. The van der Waals surface area contributed by atoms with Gasteiger partial charge in [-0.1, -0.05) is 115 Å². The molecule has 196 valence electrons. The lowest BCUT2D eigenvalue weighted by Gasteiger charge is -2.16. The highest BCUT2D eigenvalue weighted by atomic mass is 15.0. The van der Waals surface area contributed by atoms with E-state index in [0.717, 1.165) is 44.1 Å².